The molecule has 0 radical (unpaired) electrons. The number of carboxylic acids is 1. The quantitative estimate of drug-likeness (QED) is 0.586. The van der Waals surface area contributed by atoms with Crippen LogP contribution in [0.15, 0.2) is 6.20 Å². The molecular formula is C7H3F2I2NO2. The third-order valence-electron chi connectivity index (χ3n) is 1.45. The zero-order chi connectivity index (χ0) is 10.9. The van der Waals surface area contributed by atoms with E-state index in [0.717, 1.165) is 0 Å². The molecule has 1 aromatic rings. The maximum atomic E-state index is 12.5. The summed E-state index contributed by atoms with van der Waals surface area (Å²) in [6.45, 7) is 0. The number of rotatable bonds is 2. The molecule has 14 heavy (non-hydrogen) atoms. The first-order chi connectivity index (χ1) is 6.45. The number of carbonyl (C=O) groups is 1. The van der Waals surface area contributed by atoms with Crippen LogP contribution in [0.5, 0.6) is 0 Å². The fourth-order valence-corrected chi connectivity index (χ4v) is 2.20. The molecule has 0 aliphatic rings. The average molecular weight is 425 g/mol. The van der Waals surface area contributed by atoms with Gasteiger partial charge in [0.2, 0.25) is 0 Å². The number of carboxylic acid groups (broad SMARTS) is 1. The second-order valence-electron chi connectivity index (χ2n) is 2.29. The molecule has 0 spiro atoms. The van der Waals surface area contributed by atoms with Crippen molar-refractivity contribution in [1.82, 2.24) is 4.98 Å². The van der Waals surface area contributed by atoms with Crippen LogP contribution in [0.1, 0.15) is 22.3 Å². The lowest BCUT2D eigenvalue weighted by atomic mass is 10.1. The van der Waals surface area contributed by atoms with Crippen LogP contribution in [-0.4, -0.2) is 16.1 Å². The van der Waals surface area contributed by atoms with Gasteiger partial charge in [0.1, 0.15) is 3.70 Å². The van der Waals surface area contributed by atoms with Gasteiger partial charge in [-0.15, -0.1) is 0 Å². The predicted molar refractivity (Wildman–Crippen MR) is 61.6 cm³/mol. The van der Waals surface area contributed by atoms with Crippen LogP contribution < -0.4 is 0 Å². The minimum Gasteiger partial charge on any atom is -0.478 e. The van der Waals surface area contributed by atoms with Crippen molar-refractivity contribution in [2.75, 3.05) is 0 Å². The summed E-state index contributed by atoms with van der Waals surface area (Å²) in [7, 11) is 0. The number of hydrogen-bond acceptors (Lipinski definition) is 2. The summed E-state index contributed by atoms with van der Waals surface area (Å²) in [6.07, 6.45) is -1.56. The Hall–Kier alpha value is -0.0600. The maximum Gasteiger partial charge on any atom is 0.337 e. The van der Waals surface area contributed by atoms with Gasteiger partial charge in [-0.25, -0.2) is 18.6 Å². The molecule has 0 saturated heterocycles. The molecule has 0 aromatic carbocycles. The van der Waals surface area contributed by atoms with E-state index >= 15 is 0 Å². The molecule has 0 atom stereocenters. The first-order valence-electron chi connectivity index (χ1n) is 3.30. The largest absolute Gasteiger partial charge is 0.478 e. The highest BCUT2D eigenvalue weighted by Gasteiger charge is 2.24. The number of aromatic carboxylic acids is 1. The molecule has 0 aliphatic carbocycles. The second kappa shape index (κ2) is 4.64. The van der Waals surface area contributed by atoms with Crippen molar-refractivity contribution in [2.45, 2.75) is 6.43 Å². The Morgan fingerprint density at radius 2 is 2.07 bits per heavy atom. The lowest BCUT2D eigenvalue weighted by Gasteiger charge is -2.08. The molecule has 3 nitrogen and oxygen atoms in total. The molecule has 0 saturated carbocycles. The monoisotopic (exact) mass is 425 g/mol. The number of alkyl halides is 2. The van der Waals surface area contributed by atoms with Gasteiger partial charge in [-0.1, -0.05) is 0 Å². The fourth-order valence-electron chi connectivity index (χ4n) is 0.896. The van der Waals surface area contributed by atoms with Gasteiger partial charge in [-0.05, 0) is 45.2 Å². The summed E-state index contributed by atoms with van der Waals surface area (Å²) < 4.78 is 25.3. The Morgan fingerprint density at radius 1 is 1.50 bits per heavy atom. The number of nitrogens with zero attached hydrogens (tertiary/aromatic N) is 1. The molecule has 1 aromatic heterocycles. The Morgan fingerprint density at radius 3 is 2.43 bits per heavy atom. The van der Waals surface area contributed by atoms with Crippen LogP contribution in [0.25, 0.3) is 0 Å². The lowest BCUT2D eigenvalue weighted by molar-refractivity contribution is 0.0682. The van der Waals surface area contributed by atoms with Crippen LogP contribution in [0.3, 0.4) is 0 Å². The molecule has 7 heteroatoms. The molecule has 1 heterocycles. The summed E-state index contributed by atoms with van der Waals surface area (Å²) in [5, 5.41) is 8.75. The number of halogens is 4. The van der Waals surface area contributed by atoms with Gasteiger partial charge in [0.25, 0.3) is 6.43 Å². The van der Waals surface area contributed by atoms with Gasteiger partial charge in [0, 0.05) is 9.77 Å². The molecule has 0 aliphatic heterocycles. The second-order valence-corrected chi connectivity index (χ2v) is 4.48. The average Bonchev–Trinajstić information content (AvgIpc) is 2.07. The van der Waals surface area contributed by atoms with Crippen molar-refractivity contribution in [3.63, 3.8) is 0 Å². The van der Waals surface area contributed by atoms with E-state index in [4.69, 9.17) is 5.11 Å². The van der Waals surface area contributed by atoms with Crippen molar-refractivity contribution < 1.29 is 18.7 Å². The molecule has 1 rings (SSSR count). The molecule has 76 valence electrons. The third kappa shape index (κ3) is 2.30. The smallest absolute Gasteiger partial charge is 0.337 e. The van der Waals surface area contributed by atoms with Gasteiger partial charge in [0.15, 0.2) is 0 Å². The van der Waals surface area contributed by atoms with E-state index in [1.165, 1.54) is 6.20 Å². The molecule has 0 unspecified atom stereocenters. The van der Waals surface area contributed by atoms with Gasteiger partial charge in [-0.3, -0.25) is 0 Å². The Labute approximate surface area is 105 Å². The van der Waals surface area contributed by atoms with E-state index in [-0.39, 0.29) is 12.8 Å². The van der Waals surface area contributed by atoms with Crippen LogP contribution in [0.4, 0.5) is 8.78 Å². The molecule has 0 bridgehead atoms. The van der Waals surface area contributed by atoms with E-state index in [1.54, 1.807) is 45.2 Å². The van der Waals surface area contributed by atoms with Crippen LogP contribution in [0.2, 0.25) is 0 Å². The van der Waals surface area contributed by atoms with Crippen molar-refractivity contribution >= 4 is 51.2 Å². The highest BCUT2D eigenvalue weighted by molar-refractivity contribution is 14.1. The number of hydrogen-bond donors (Lipinski definition) is 1. The Balaban J connectivity index is 3.50. The zero-order valence-electron chi connectivity index (χ0n) is 6.47. The summed E-state index contributed by atoms with van der Waals surface area (Å²) in [6, 6.07) is 0. The molecule has 0 fully saturated rings. The SMILES string of the molecule is O=C(O)c1c(I)cnc(I)c1C(F)F. The van der Waals surface area contributed by atoms with Gasteiger partial charge in [0.05, 0.1) is 11.1 Å². The third-order valence-corrected chi connectivity index (χ3v) is 3.13. The lowest BCUT2D eigenvalue weighted by Crippen LogP contribution is -2.09. The van der Waals surface area contributed by atoms with E-state index in [2.05, 4.69) is 4.98 Å². The van der Waals surface area contributed by atoms with Crippen molar-refractivity contribution in [3.8, 4) is 0 Å². The van der Waals surface area contributed by atoms with E-state index in [9.17, 15) is 13.6 Å². The van der Waals surface area contributed by atoms with Gasteiger partial charge >= 0.3 is 5.97 Å². The van der Waals surface area contributed by atoms with Gasteiger partial charge < -0.3 is 5.11 Å². The first kappa shape index (κ1) is 12.0. The maximum absolute atomic E-state index is 12.5. The van der Waals surface area contributed by atoms with Gasteiger partial charge in [-0.2, -0.15) is 0 Å². The number of pyridine rings is 1. The highest BCUT2D eigenvalue weighted by Crippen LogP contribution is 2.29. The standard InChI is InChI=1S/C7H3F2I2NO2/c8-5(9)4-3(7(13)14)2(10)1-12-6(4)11/h1,5H,(H,13,14). The zero-order valence-corrected chi connectivity index (χ0v) is 10.8. The van der Waals surface area contributed by atoms with Crippen LogP contribution in [0, 0.1) is 7.27 Å². The predicted octanol–water partition coefficient (Wildman–Crippen LogP) is 2.93. The minimum absolute atomic E-state index is 0.0235. The summed E-state index contributed by atoms with van der Waals surface area (Å²) in [5.74, 6) is -1.36. The highest BCUT2D eigenvalue weighted by atomic mass is 127. The topological polar surface area (TPSA) is 50.2 Å². The summed E-state index contributed by atoms with van der Waals surface area (Å²) in [4.78, 5) is 14.4. The Kier molecular flexibility index (Phi) is 3.98. The van der Waals surface area contributed by atoms with E-state index in [0.29, 0.717) is 0 Å². The van der Waals surface area contributed by atoms with Crippen molar-refractivity contribution in [1.29, 1.82) is 0 Å². The molecular weight excluding hydrogens is 422 g/mol. The summed E-state index contributed by atoms with van der Waals surface area (Å²) >= 11 is 3.26. The van der Waals surface area contributed by atoms with Crippen LogP contribution >= 0.6 is 45.2 Å². The molecule has 0 amide bonds. The van der Waals surface area contributed by atoms with E-state index in [1.807, 2.05) is 0 Å². The van der Waals surface area contributed by atoms with Crippen molar-refractivity contribution in [2.24, 2.45) is 0 Å². The van der Waals surface area contributed by atoms with Crippen molar-refractivity contribution in [3.05, 3.63) is 24.6 Å². The summed E-state index contributed by atoms with van der Waals surface area (Å²) in [5.41, 5.74) is -0.870. The Bertz CT molecular complexity index is 384. The normalized spacial score (nSPS) is 10.6. The number of aromatic nitrogens is 1. The minimum atomic E-state index is -2.82. The van der Waals surface area contributed by atoms with Crippen LogP contribution in [-0.2, 0) is 0 Å². The first-order valence-corrected chi connectivity index (χ1v) is 5.46. The molecule has 1 N–H and O–H groups in total. The van der Waals surface area contributed by atoms with E-state index < -0.39 is 18.0 Å². The fraction of sp³-hybridized carbons (Fsp3) is 0.143.